The molecule has 0 bridgehead atoms. The molecule has 1 heterocycles. The van der Waals surface area contributed by atoms with Gasteiger partial charge in [0, 0.05) is 21.6 Å². The summed E-state index contributed by atoms with van der Waals surface area (Å²) in [5.41, 5.74) is 2.08. The molecule has 0 spiro atoms. The van der Waals surface area contributed by atoms with Crippen LogP contribution in [0, 0.1) is 0 Å². The molecule has 1 amide bonds. The molecule has 0 fully saturated rings. The Kier molecular flexibility index (Phi) is 6.77. The number of benzene rings is 2. The van der Waals surface area contributed by atoms with Gasteiger partial charge in [-0.1, -0.05) is 63.6 Å². The van der Waals surface area contributed by atoms with Gasteiger partial charge in [-0.05, 0) is 36.2 Å². The van der Waals surface area contributed by atoms with Crippen LogP contribution in [0.4, 0.5) is 0 Å². The number of aromatic nitrogens is 1. The molecule has 134 valence electrons. The Bertz CT molecular complexity index is 866. The predicted octanol–water partition coefficient (Wildman–Crippen LogP) is 5.21. The third-order valence-corrected chi connectivity index (χ3v) is 5.21. The maximum absolute atomic E-state index is 11.9. The van der Waals surface area contributed by atoms with Gasteiger partial charge < -0.3 is 9.73 Å². The van der Waals surface area contributed by atoms with E-state index in [-0.39, 0.29) is 11.7 Å². The normalized spacial score (nSPS) is 10.7. The van der Waals surface area contributed by atoms with Crippen LogP contribution in [0.5, 0.6) is 0 Å². The van der Waals surface area contributed by atoms with E-state index in [0.717, 1.165) is 22.0 Å². The highest BCUT2D eigenvalue weighted by Crippen LogP contribution is 2.26. The number of nitrogens with zero attached hydrogens (tertiary/aromatic N) is 1. The van der Waals surface area contributed by atoms with Crippen molar-refractivity contribution in [2.24, 2.45) is 0 Å². The van der Waals surface area contributed by atoms with Crippen molar-refractivity contribution in [2.75, 3.05) is 12.3 Å². The van der Waals surface area contributed by atoms with E-state index in [4.69, 9.17) is 16.0 Å². The SMILES string of the molecule is O=C(CSc1ncc(-c2ccc(Br)cc2)o1)NCCc1ccc(Cl)cc1. The van der Waals surface area contributed by atoms with Gasteiger partial charge in [0.05, 0.1) is 11.9 Å². The van der Waals surface area contributed by atoms with Crippen LogP contribution in [0.25, 0.3) is 11.3 Å². The Labute approximate surface area is 169 Å². The number of rotatable bonds is 7. The summed E-state index contributed by atoms with van der Waals surface area (Å²) in [7, 11) is 0. The van der Waals surface area contributed by atoms with Crippen LogP contribution in [-0.2, 0) is 11.2 Å². The van der Waals surface area contributed by atoms with Gasteiger partial charge in [0.1, 0.15) is 0 Å². The van der Waals surface area contributed by atoms with Crippen LogP contribution in [-0.4, -0.2) is 23.2 Å². The third kappa shape index (κ3) is 5.62. The summed E-state index contributed by atoms with van der Waals surface area (Å²) in [5.74, 6) is 0.900. The van der Waals surface area contributed by atoms with Gasteiger partial charge in [0.15, 0.2) is 5.76 Å². The van der Waals surface area contributed by atoms with Crippen molar-refractivity contribution in [3.63, 3.8) is 0 Å². The lowest BCUT2D eigenvalue weighted by molar-refractivity contribution is -0.118. The monoisotopic (exact) mass is 450 g/mol. The summed E-state index contributed by atoms with van der Waals surface area (Å²) >= 11 is 10.5. The highest BCUT2D eigenvalue weighted by Gasteiger charge is 2.09. The predicted molar refractivity (Wildman–Crippen MR) is 109 cm³/mol. The zero-order valence-corrected chi connectivity index (χ0v) is 16.9. The molecule has 7 heteroatoms. The first-order chi connectivity index (χ1) is 12.6. The highest BCUT2D eigenvalue weighted by atomic mass is 79.9. The smallest absolute Gasteiger partial charge is 0.256 e. The number of halogens is 2. The third-order valence-electron chi connectivity index (χ3n) is 3.59. The molecule has 3 aromatic rings. The van der Waals surface area contributed by atoms with Crippen LogP contribution < -0.4 is 5.32 Å². The minimum absolute atomic E-state index is 0.0487. The summed E-state index contributed by atoms with van der Waals surface area (Å²) in [5, 5.41) is 4.09. The average Bonchev–Trinajstić information content (AvgIpc) is 3.11. The molecule has 1 N–H and O–H groups in total. The zero-order chi connectivity index (χ0) is 18.4. The second kappa shape index (κ2) is 9.26. The number of oxazole rings is 1. The first-order valence-electron chi connectivity index (χ1n) is 7.96. The Morgan fingerprint density at radius 3 is 2.62 bits per heavy atom. The van der Waals surface area contributed by atoms with E-state index < -0.39 is 0 Å². The average molecular weight is 452 g/mol. The number of hydrogen-bond donors (Lipinski definition) is 1. The molecule has 0 saturated heterocycles. The topological polar surface area (TPSA) is 55.1 Å². The van der Waals surface area contributed by atoms with Gasteiger partial charge in [0.2, 0.25) is 5.91 Å². The Hall–Kier alpha value is -1.76. The van der Waals surface area contributed by atoms with Gasteiger partial charge in [0.25, 0.3) is 5.22 Å². The molecule has 0 radical (unpaired) electrons. The number of nitrogens with one attached hydrogen (secondary N) is 1. The van der Waals surface area contributed by atoms with Crippen molar-refractivity contribution in [1.29, 1.82) is 0 Å². The second-order valence-electron chi connectivity index (χ2n) is 5.51. The number of hydrogen-bond acceptors (Lipinski definition) is 4. The number of carbonyl (C=O) groups excluding carboxylic acids is 1. The van der Waals surface area contributed by atoms with Crippen molar-refractivity contribution in [1.82, 2.24) is 10.3 Å². The van der Waals surface area contributed by atoms with Gasteiger partial charge in [-0.15, -0.1) is 0 Å². The van der Waals surface area contributed by atoms with E-state index in [0.29, 0.717) is 22.6 Å². The maximum Gasteiger partial charge on any atom is 0.256 e. The number of amides is 1. The van der Waals surface area contributed by atoms with Gasteiger partial charge in [-0.2, -0.15) is 0 Å². The number of thioether (sulfide) groups is 1. The molecule has 3 rings (SSSR count). The Morgan fingerprint density at radius 2 is 1.88 bits per heavy atom. The summed E-state index contributed by atoms with van der Waals surface area (Å²) in [6.45, 7) is 0.580. The van der Waals surface area contributed by atoms with E-state index in [2.05, 4.69) is 26.2 Å². The molecular weight excluding hydrogens is 436 g/mol. The Morgan fingerprint density at radius 1 is 1.15 bits per heavy atom. The Balaban J connectivity index is 1.43. The molecule has 4 nitrogen and oxygen atoms in total. The lowest BCUT2D eigenvalue weighted by Crippen LogP contribution is -2.27. The molecule has 0 atom stereocenters. The quantitative estimate of drug-likeness (QED) is 0.501. The van der Waals surface area contributed by atoms with Gasteiger partial charge >= 0.3 is 0 Å². The van der Waals surface area contributed by atoms with Crippen LogP contribution in [0.3, 0.4) is 0 Å². The van der Waals surface area contributed by atoms with Gasteiger partial charge in [-0.25, -0.2) is 4.98 Å². The van der Waals surface area contributed by atoms with E-state index in [1.165, 1.54) is 11.8 Å². The second-order valence-corrected chi connectivity index (χ2v) is 7.79. The van der Waals surface area contributed by atoms with Crippen molar-refractivity contribution in [3.8, 4) is 11.3 Å². The largest absolute Gasteiger partial charge is 0.431 e. The molecular formula is C19H16BrClN2O2S. The fourth-order valence-electron chi connectivity index (χ4n) is 2.25. The molecule has 0 unspecified atom stereocenters. The van der Waals surface area contributed by atoms with Crippen molar-refractivity contribution < 1.29 is 9.21 Å². The highest BCUT2D eigenvalue weighted by molar-refractivity contribution is 9.10. The fourth-order valence-corrected chi connectivity index (χ4v) is 3.27. The first kappa shape index (κ1) is 19.0. The van der Waals surface area contributed by atoms with Gasteiger partial charge in [-0.3, -0.25) is 4.79 Å². The first-order valence-corrected chi connectivity index (χ1v) is 10.1. The van der Waals surface area contributed by atoms with E-state index in [1.54, 1.807) is 6.20 Å². The molecule has 0 aliphatic carbocycles. The summed E-state index contributed by atoms with van der Waals surface area (Å²) in [4.78, 5) is 16.2. The van der Waals surface area contributed by atoms with E-state index in [9.17, 15) is 4.79 Å². The zero-order valence-electron chi connectivity index (χ0n) is 13.7. The maximum atomic E-state index is 11.9. The summed E-state index contributed by atoms with van der Waals surface area (Å²) < 4.78 is 6.69. The summed E-state index contributed by atoms with van der Waals surface area (Å²) in [6.07, 6.45) is 2.43. The number of carbonyl (C=O) groups is 1. The standard InChI is InChI=1S/C19H16BrClN2O2S/c20-15-5-3-14(4-6-15)17-11-23-19(25-17)26-12-18(24)22-10-9-13-1-7-16(21)8-2-13/h1-8,11H,9-10,12H2,(H,22,24). The molecule has 0 saturated carbocycles. The molecule has 0 aliphatic heterocycles. The van der Waals surface area contributed by atoms with Crippen LogP contribution >= 0.6 is 39.3 Å². The van der Waals surface area contributed by atoms with Crippen molar-refractivity contribution >= 4 is 45.2 Å². The van der Waals surface area contributed by atoms with Crippen molar-refractivity contribution in [2.45, 2.75) is 11.6 Å². The fraction of sp³-hybridized carbons (Fsp3) is 0.158. The minimum atomic E-state index is -0.0487. The molecule has 26 heavy (non-hydrogen) atoms. The van der Waals surface area contributed by atoms with Crippen LogP contribution in [0.15, 0.2) is 68.8 Å². The van der Waals surface area contributed by atoms with Crippen molar-refractivity contribution in [3.05, 3.63) is 69.8 Å². The molecule has 0 aliphatic rings. The minimum Gasteiger partial charge on any atom is -0.431 e. The molecule has 1 aromatic heterocycles. The molecule has 2 aromatic carbocycles. The lowest BCUT2D eigenvalue weighted by Gasteiger charge is -2.04. The van der Waals surface area contributed by atoms with Crippen LogP contribution in [0.2, 0.25) is 5.02 Å². The van der Waals surface area contributed by atoms with E-state index >= 15 is 0 Å². The van der Waals surface area contributed by atoms with E-state index in [1.807, 2.05) is 48.5 Å². The summed E-state index contributed by atoms with van der Waals surface area (Å²) in [6, 6.07) is 15.4. The lowest BCUT2D eigenvalue weighted by atomic mass is 10.1. The van der Waals surface area contributed by atoms with Crippen LogP contribution in [0.1, 0.15) is 5.56 Å².